The summed E-state index contributed by atoms with van der Waals surface area (Å²) in [7, 11) is 1.55. The molecule has 7 heteroatoms. The second-order valence-corrected chi connectivity index (χ2v) is 6.53. The summed E-state index contributed by atoms with van der Waals surface area (Å²) in [4.78, 5) is 25.7. The Kier molecular flexibility index (Phi) is 6.48. The first-order valence-corrected chi connectivity index (χ1v) is 8.82. The number of carbonyl (C=O) groups is 2. The standard InChI is InChI=1S/C17H23BrN2O4/c1-4-24-16-14(18)9-12(10-15(16)23-3)17(22)19-13-5-7-20(8-6-13)11(2)21/h9-10,13H,4-8H2,1-3H3,(H,19,22). The van der Waals surface area contributed by atoms with Gasteiger partial charge in [0.15, 0.2) is 11.5 Å². The van der Waals surface area contributed by atoms with Gasteiger partial charge < -0.3 is 19.7 Å². The third-order valence-corrected chi connectivity index (χ3v) is 4.64. The van der Waals surface area contributed by atoms with E-state index in [2.05, 4.69) is 21.2 Å². The van der Waals surface area contributed by atoms with Crippen LogP contribution in [0.3, 0.4) is 0 Å². The molecule has 6 nitrogen and oxygen atoms in total. The van der Waals surface area contributed by atoms with Gasteiger partial charge >= 0.3 is 0 Å². The van der Waals surface area contributed by atoms with Gasteiger partial charge in [0, 0.05) is 31.6 Å². The number of hydrogen-bond donors (Lipinski definition) is 1. The Morgan fingerprint density at radius 3 is 2.54 bits per heavy atom. The molecule has 1 saturated heterocycles. The molecule has 2 rings (SSSR count). The highest BCUT2D eigenvalue weighted by atomic mass is 79.9. The van der Waals surface area contributed by atoms with Crippen LogP contribution in [0.25, 0.3) is 0 Å². The summed E-state index contributed by atoms with van der Waals surface area (Å²) < 4.78 is 11.5. The predicted molar refractivity (Wildman–Crippen MR) is 94.6 cm³/mol. The Morgan fingerprint density at radius 2 is 2.00 bits per heavy atom. The van der Waals surface area contributed by atoms with Crippen molar-refractivity contribution in [3.05, 3.63) is 22.2 Å². The largest absolute Gasteiger partial charge is 0.493 e. The number of nitrogens with one attached hydrogen (secondary N) is 1. The van der Waals surface area contributed by atoms with Crippen LogP contribution in [0, 0.1) is 0 Å². The van der Waals surface area contributed by atoms with E-state index in [1.807, 2.05) is 6.92 Å². The summed E-state index contributed by atoms with van der Waals surface area (Å²) in [6, 6.07) is 3.48. The minimum Gasteiger partial charge on any atom is -0.493 e. The predicted octanol–water partition coefficient (Wildman–Crippen LogP) is 2.60. The number of hydrogen-bond acceptors (Lipinski definition) is 4. The molecule has 0 spiro atoms. The van der Waals surface area contributed by atoms with Gasteiger partial charge in [0.25, 0.3) is 5.91 Å². The molecule has 0 atom stereocenters. The Bertz CT molecular complexity index is 613. The highest BCUT2D eigenvalue weighted by Crippen LogP contribution is 2.36. The fraction of sp³-hybridized carbons (Fsp3) is 0.529. The second kappa shape index (κ2) is 8.37. The van der Waals surface area contributed by atoms with E-state index >= 15 is 0 Å². The third kappa shape index (κ3) is 4.41. The van der Waals surface area contributed by atoms with Crippen LogP contribution in [-0.4, -0.2) is 49.6 Å². The number of ether oxygens (including phenoxy) is 2. The van der Waals surface area contributed by atoms with E-state index in [0.717, 1.165) is 12.8 Å². The Hall–Kier alpha value is -1.76. The summed E-state index contributed by atoms with van der Waals surface area (Å²) in [6.07, 6.45) is 1.53. The Morgan fingerprint density at radius 1 is 1.33 bits per heavy atom. The molecule has 1 fully saturated rings. The van der Waals surface area contributed by atoms with Gasteiger partial charge in [0.1, 0.15) is 0 Å². The molecule has 0 unspecified atom stereocenters. The highest BCUT2D eigenvalue weighted by Gasteiger charge is 2.23. The van der Waals surface area contributed by atoms with Crippen LogP contribution in [0.4, 0.5) is 0 Å². The van der Waals surface area contributed by atoms with Crippen molar-refractivity contribution >= 4 is 27.7 Å². The van der Waals surface area contributed by atoms with Crippen molar-refractivity contribution in [3.63, 3.8) is 0 Å². The first-order chi connectivity index (χ1) is 11.5. The molecule has 0 aliphatic carbocycles. The van der Waals surface area contributed by atoms with Gasteiger partial charge in [-0.1, -0.05) is 0 Å². The first kappa shape index (κ1) is 18.6. The molecule has 132 valence electrons. The average Bonchev–Trinajstić information content (AvgIpc) is 2.57. The van der Waals surface area contributed by atoms with Gasteiger partial charge in [-0.3, -0.25) is 9.59 Å². The quantitative estimate of drug-likeness (QED) is 0.827. The van der Waals surface area contributed by atoms with Gasteiger partial charge in [-0.05, 0) is 47.8 Å². The smallest absolute Gasteiger partial charge is 0.251 e. The maximum Gasteiger partial charge on any atom is 0.251 e. The number of methoxy groups -OCH3 is 1. The molecule has 0 aromatic heterocycles. The van der Waals surface area contributed by atoms with Crippen molar-refractivity contribution < 1.29 is 19.1 Å². The first-order valence-electron chi connectivity index (χ1n) is 8.03. The van der Waals surface area contributed by atoms with Crippen LogP contribution in [0.15, 0.2) is 16.6 Å². The zero-order chi connectivity index (χ0) is 17.7. The van der Waals surface area contributed by atoms with Crippen LogP contribution in [0.1, 0.15) is 37.0 Å². The number of benzene rings is 1. The molecule has 0 bridgehead atoms. The molecular formula is C17H23BrN2O4. The number of likely N-dealkylation sites (tertiary alicyclic amines) is 1. The van der Waals surface area contributed by atoms with Crippen LogP contribution >= 0.6 is 15.9 Å². The monoisotopic (exact) mass is 398 g/mol. The van der Waals surface area contributed by atoms with E-state index in [1.54, 1.807) is 31.1 Å². The minimum absolute atomic E-state index is 0.0736. The molecule has 1 aromatic carbocycles. The lowest BCUT2D eigenvalue weighted by Crippen LogP contribution is -2.46. The lowest BCUT2D eigenvalue weighted by molar-refractivity contribution is -0.129. The number of piperidine rings is 1. The molecule has 1 aliphatic rings. The maximum atomic E-state index is 12.5. The van der Waals surface area contributed by atoms with Gasteiger partial charge in [0.2, 0.25) is 5.91 Å². The Balaban J connectivity index is 2.05. The number of halogens is 1. The summed E-state index contributed by atoms with van der Waals surface area (Å²) in [5, 5.41) is 3.03. The van der Waals surface area contributed by atoms with E-state index in [0.29, 0.717) is 41.2 Å². The van der Waals surface area contributed by atoms with Gasteiger partial charge in [-0.15, -0.1) is 0 Å². The van der Waals surface area contributed by atoms with Crippen molar-refractivity contribution in [2.75, 3.05) is 26.8 Å². The molecule has 1 N–H and O–H groups in total. The van der Waals surface area contributed by atoms with Crippen LogP contribution < -0.4 is 14.8 Å². The molecule has 2 amide bonds. The zero-order valence-corrected chi connectivity index (χ0v) is 15.8. The lowest BCUT2D eigenvalue weighted by Gasteiger charge is -2.31. The molecule has 1 aromatic rings. The maximum absolute atomic E-state index is 12.5. The normalized spacial score (nSPS) is 15.1. The van der Waals surface area contributed by atoms with E-state index in [9.17, 15) is 9.59 Å². The number of rotatable bonds is 5. The van der Waals surface area contributed by atoms with Gasteiger partial charge in [-0.2, -0.15) is 0 Å². The van der Waals surface area contributed by atoms with E-state index in [4.69, 9.17) is 9.47 Å². The van der Waals surface area contributed by atoms with Crippen molar-refractivity contribution in [2.45, 2.75) is 32.7 Å². The van der Waals surface area contributed by atoms with E-state index < -0.39 is 0 Å². The summed E-state index contributed by atoms with van der Waals surface area (Å²) in [5.74, 6) is 1.03. The SMILES string of the molecule is CCOc1c(Br)cc(C(=O)NC2CCN(C(C)=O)CC2)cc1OC. The second-order valence-electron chi connectivity index (χ2n) is 5.68. The summed E-state index contributed by atoms with van der Waals surface area (Å²) >= 11 is 3.43. The average molecular weight is 399 g/mol. The fourth-order valence-corrected chi connectivity index (χ4v) is 3.30. The topological polar surface area (TPSA) is 67.9 Å². The minimum atomic E-state index is -0.154. The highest BCUT2D eigenvalue weighted by molar-refractivity contribution is 9.10. The van der Waals surface area contributed by atoms with Crippen molar-refractivity contribution in [2.24, 2.45) is 0 Å². The van der Waals surface area contributed by atoms with Crippen LogP contribution in [0.2, 0.25) is 0 Å². The molecule has 1 heterocycles. The third-order valence-electron chi connectivity index (χ3n) is 4.06. The van der Waals surface area contributed by atoms with E-state index in [-0.39, 0.29) is 17.9 Å². The molecule has 24 heavy (non-hydrogen) atoms. The Labute approximate surface area is 150 Å². The number of amides is 2. The van der Waals surface area contributed by atoms with Crippen molar-refractivity contribution in [1.29, 1.82) is 0 Å². The number of carbonyl (C=O) groups excluding carboxylic acids is 2. The van der Waals surface area contributed by atoms with Crippen LogP contribution in [-0.2, 0) is 4.79 Å². The summed E-state index contributed by atoms with van der Waals surface area (Å²) in [6.45, 7) is 5.32. The summed E-state index contributed by atoms with van der Waals surface area (Å²) in [5.41, 5.74) is 0.510. The molecule has 0 radical (unpaired) electrons. The lowest BCUT2D eigenvalue weighted by atomic mass is 10.0. The zero-order valence-electron chi connectivity index (χ0n) is 14.2. The van der Waals surface area contributed by atoms with Gasteiger partial charge in [0.05, 0.1) is 18.2 Å². The van der Waals surface area contributed by atoms with Crippen LogP contribution in [0.5, 0.6) is 11.5 Å². The molecule has 0 saturated carbocycles. The molecular weight excluding hydrogens is 376 g/mol. The fourth-order valence-electron chi connectivity index (χ4n) is 2.74. The van der Waals surface area contributed by atoms with Crippen molar-refractivity contribution in [3.8, 4) is 11.5 Å². The number of nitrogens with zero attached hydrogens (tertiary/aromatic N) is 1. The molecule has 1 aliphatic heterocycles. The van der Waals surface area contributed by atoms with Gasteiger partial charge in [-0.25, -0.2) is 0 Å². The van der Waals surface area contributed by atoms with Crippen molar-refractivity contribution in [1.82, 2.24) is 10.2 Å². The van der Waals surface area contributed by atoms with E-state index in [1.165, 1.54) is 0 Å².